The van der Waals surface area contributed by atoms with E-state index in [2.05, 4.69) is 15.7 Å². The maximum atomic E-state index is 13.9. The minimum atomic E-state index is -1.25. The number of aromatic nitrogens is 1. The Balaban J connectivity index is 1.53. The van der Waals surface area contributed by atoms with Crippen LogP contribution in [0.1, 0.15) is 81.8 Å². The number of benzene rings is 2. The number of carbonyl (C=O) groups is 4. The second-order valence-electron chi connectivity index (χ2n) is 14.1. The van der Waals surface area contributed by atoms with Crippen LogP contribution in [0.25, 0.3) is 10.9 Å². The first-order chi connectivity index (χ1) is 22.9. The molecule has 48 heavy (non-hydrogen) atoms. The minimum absolute atomic E-state index is 0.110. The third kappa shape index (κ3) is 12.1. The average Bonchev–Trinajstić information content (AvgIpc) is 3.03. The first kappa shape index (κ1) is 37.2. The van der Waals surface area contributed by atoms with E-state index in [-0.39, 0.29) is 34.6 Å². The van der Waals surface area contributed by atoms with Crippen molar-refractivity contribution in [2.75, 3.05) is 13.1 Å². The number of amides is 3. The van der Waals surface area contributed by atoms with Crippen LogP contribution in [0.3, 0.4) is 0 Å². The number of fused-ring (bicyclic) bond motifs is 1. The monoisotopic (exact) mass is 718 g/mol. The van der Waals surface area contributed by atoms with Gasteiger partial charge < -0.3 is 0 Å². The second kappa shape index (κ2) is 17.7. The van der Waals surface area contributed by atoms with Crippen LogP contribution in [0.5, 0.6) is 0 Å². The fraction of sp³-hybridized carbons (Fsp3) is 0.486. The van der Waals surface area contributed by atoms with E-state index < -0.39 is 44.4 Å². The molecular weight excluding hydrogens is 669 g/mol. The summed E-state index contributed by atoms with van der Waals surface area (Å²) in [7, 11) is 0. The Morgan fingerprint density at radius 1 is 0.979 bits per heavy atom. The molecule has 0 aliphatic heterocycles. The first-order valence-electron chi connectivity index (χ1n) is 16.8. The number of hydrogen-bond acceptors (Lipinski definition) is 7. The fourth-order valence-corrected chi connectivity index (χ4v) is 8.68. The van der Waals surface area contributed by atoms with Gasteiger partial charge in [0.2, 0.25) is 0 Å². The van der Waals surface area contributed by atoms with E-state index in [1.807, 2.05) is 74.3 Å². The summed E-state index contributed by atoms with van der Waals surface area (Å²) >= 11 is -1.25. The zero-order valence-corrected chi connectivity index (χ0v) is 30.1. The summed E-state index contributed by atoms with van der Waals surface area (Å²) in [5, 5.41) is 17.2. The Kier molecular flexibility index (Phi) is 13.7. The number of nitrogens with two attached hydrogens (primary N) is 1. The van der Waals surface area contributed by atoms with Crippen LogP contribution >= 0.6 is 0 Å². The number of pyridine rings is 1. The molecule has 5 N–H and O–H groups in total. The van der Waals surface area contributed by atoms with E-state index in [9.17, 15) is 24.3 Å². The molecule has 2 unspecified atom stereocenters. The van der Waals surface area contributed by atoms with Crippen LogP contribution in [-0.2, 0) is 20.8 Å². The van der Waals surface area contributed by atoms with Gasteiger partial charge in [0.25, 0.3) is 0 Å². The molecule has 1 aromatic heterocycles. The van der Waals surface area contributed by atoms with Crippen molar-refractivity contribution in [1.82, 2.24) is 20.7 Å². The normalized spacial score (nSPS) is 16.1. The van der Waals surface area contributed by atoms with Gasteiger partial charge in [-0.3, -0.25) is 0 Å². The van der Waals surface area contributed by atoms with Crippen molar-refractivity contribution in [3.8, 4) is 0 Å². The predicted octanol–water partition coefficient (Wildman–Crippen LogP) is 4.18. The van der Waals surface area contributed by atoms with Gasteiger partial charge in [0.15, 0.2) is 0 Å². The van der Waals surface area contributed by atoms with E-state index >= 15 is 0 Å². The van der Waals surface area contributed by atoms with Crippen molar-refractivity contribution in [2.24, 2.45) is 17.1 Å². The van der Waals surface area contributed by atoms with Gasteiger partial charge in [0, 0.05) is 0 Å². The van der Waals surface area contributed by atoms with E-state index in [0.717, 1.165) is 36.6 Å². The molecule has 1 aliphatic carbocycles. The molecule has 257 valence electrons. The van der Waals surface area contributed by atoms with Crippen LogP contribution in [0.4, 0.5) is 0 Å². The molecule has 1 fully saturated rings. The number of aliphatic hydroxyl groups is 1. The average molecular weight is 719 g/mol. The van der Waals surface area contributed by atoms with Crippen LogP contribution in [-0.4, -0.2) is 78.4 Å². The molecule has 1 radical (unpaired) electrons. The number of hydrazine groups is 1. The Labute approximate surface area is 290 Å². The van der Waals surface area contributed by atoms with Gasteiger partial charge in [-0.2, -0.15) is 0 Å². The summed E-state index contributed by atoms with van der Waals surface area (Å²) in [6.07, 6.45) is 5.08. The van der Waals surface area contributed by atoms with Gasteiger partial charge in [-0.05, 0) is 0 Å². The predicted molar refractivity (Wildman–Crippen MR) is 188 cm³/mol. The number of aliphatic hydroxyl groups excluding tert-OH is 1. The number of hydrogen-bond donors (Lipinski definition) is 4. The molecular formula is C37H49AsN5O5. The molecule has 3 atom stereocenters. The number of nitrogens with one attached hydrogen (secondary N) is 2. The molecule has 1 saturated carbocycles. The van der Waals surface area contributed by atoms with Crippen molar-refractivity contribution in [3.63, 3.8) is 0 Å². The van der Waals surface area contributed by atoms with Crippen LogP contribution in [0.2, 0.25) is 4.71 Å². The molecule has 10 nitrogen and oxygen atoms in total. The van der Waals surface area contributed by atoms with E-state index in [0.29, 0.717) is 30.8 Å². The number of nitrogens with zero attached hydrogens (tertiary/aromatic N) is 2. The van der Waals surface area contributed by atoms with Crippen molar-refractivity contribution in [1.29, 1.82) is 0 Å². The summed E-state index contributed by atoms with van der Waals surface area (Å²) in [4.78, 5) is 56.7. The van der Waals surface area contributed by atoms with Gasteiger partial charge in [0.1, 0.15) is 0 Å². The topological polar surface area (TPSA) is 155 Å². The first-order valence-corrected chi connectivity index (χ1v) is 18.8. The summed E-state index contributed by atoms with van der Waals surface area (Å²) in [5.41, 5.74) is 10.1. The molecule has 4 rings (SSSR count). The van der Waals surface area contributed by atoms with Crippen molar-refractivity contribution in [2.45, 2.75) is 89.0 Å². The summed E-state index contributed by atoms with van der Waals surface area (Å²) in [6.45, 7) is 6.80. The van der Waals surface area contributed by atoms with Crippen LogP contribution < -0.4 is 16.5 Å². The zero-order chi connectivity index (χ0) is 34.7. The molecule has 1 aliphatic rings. The molecule has 11 heteroatoms. The molecule has 1 heterocycles. The Morgan fingerprint density at radius 3 is 2.35 bits per heavy atom. The maximum absolute atomic E-state index is 13.9. The Morgan fingerprint density at radius 2 is 1.67 bits per heavy atom. The molecule has 3 aromatic rings. The van der Waals surface area contributed by atoms with Crippen molar-refractivity contribution >= 4 is 48.9 Å². The van der Waals surface area contributed by atoms with Crippen molar-refractivity contribution in [3.05, 3.63) is 78.0 Å². The Bertz CT molecular complexity index is 1540. The third-order valence-corrected chi connectivity index (χ3v) is 11.4. The van der Waals surface area contributed by atoms with Crippen LogP contribution in [0.15, 0.2) is 66.7 Å². The van der Waals surface area contributed by atoms with E-state index in [1.165, 1.54) is 6.42 Å². The SMILES string of the molecule is CC(C)(C)CC(=O)NN(CC1CCCCC1)CC(O)C(Cc1ccccc1)[As]C(=O)[C@H](CC(N)=O)NC(=O)c1ccc2ccccc2n1. The molecule has 0 bridgehead atoms. The van der Waals surface area contributed by atoms with Gasteiger partial charge in [0.05, 0.1) is 0 Å². The quantitative estimate of drug-likeness (QED) is 0.128. The molecule has 2 aromatic carbocycles. The van der Waals surface area contributed by atoms with Crippen LogP contribution in [0, 0.1) is 11.3 Å². The third-order valence-electron chi connectivity index (χ3n) is 8.45. The van der Waals surface area contributed by atoms with Crippen molar-refractivity contribution < 1.29 is 24.3 Å². The molecule has 0 saturated heterocycles. The summed E-state index contributed by atoms with van der Waals surface area (Å²) in [6, 6.07) is 19.2. The molecule has 3 amide bonds. The number of rotatable bonds is 16. The second-order valence-corrected chi connectivity index (χ2v) is 16.9. The van der Waals surface area contributed by atoms with E-state index in [4.69, 9.17) is 5.73 Å². The number of para-hydroxylation sites is 1. The van der Waals surface area contributed by atoms with Gasteiger partial charge in [-0.25, -0.2) is 0 Å². The zero-order valence-electron chi connectivity index (χ0n) is 28.2. The molecule has 0 spiro atoms. The van der Waals surface area contributed by atoms with Gasteiger partial charge in [-0.15, -0.1) is 0 Å². The van der Waals surface area contributed by atoms with Gasteiger partial charge >= 0.3 is 291 Å². The summed E-state index contributed by atoms with van der Waals surface area (Å²) < 4.78 is -0.801. The van der Waals surface area contributed by atoms with Gasteiger partial charge in [-0.1, -0.05) is 0 Å². The van der Waals surface area contributed by atoms with E-state index in [1.54, 1.807) is 18.2 Å². The summed E-state index contributed by atoms with van der Waals surface area (Å²) in [5.74, 6) is -1.01. The fourth-order valence-electron chi connectivity index (χ4n) is 6.09. The number of primary amides is 1. The Hall–Kier alpha value is -3.59. The number of carbonyl (C=O) groups excluding carboxylic acids is 4. The standard InChI is InChI=1S/C37H49AsN5O5/c1-37(2,3)22-34(46)42-43(23-26-14-8-5-9-15-26)24-32(44)28(20-25-12-6-4-7-13-25)38-35(47)31(21-33(39)45)41-36(48)30-19-18-27-16-10-11-17-29(27)40-30/h4,6-7,10-13,16-19,26,28,31-32,44H,5,8-9,14-15,20-24H2,1-3H3,(H2,39,45)(H,41,48)(H,42,46)/t28?,31-,32?/m0/s1.